The summed E-state index contributed by atoms with van der Waals surface area (Å²) in [5, 5.41) is 0.237. The van der Waals surface area contributed by atoms with Crippen molar-refractivity contribution in [1.29, 1.82) is 0 Å². The van der Waals surface area contributed by atoms with Crippen LogP contribution in [0.2, 0.25) is 5.28 Å². The van der Waals surface area contributed by atoms with Gasteiger partial charge in [-0.25, -0.2) is 19.9 Å². The highest BCUT2D eigenvalue weighted by atomic mass is 35.5. The van der Waals surface area contributed by atoms with Crippen molar-refractivity contribution < 1.29 is 9.59 Å². The molecule has 1 N–H and O–H groups in total. The number of rotatable bonds is 7. The molecule has 0 radical (unpaired) electrons. The minimum atomic E-state index is -0.178. The van der Waals surface area contributed by atoms with Crippen molar-refractivity contribution in [3.63, 3.8) is 0 Å². The van der Waals surface area contributed by atoms with Crippen LogP contribution in [0.3, 0.4) is 0 Å². The zero-order valence-electron chi connectivity index (χ0n) is 33.6. The van der Waals surface area contributed by atoms with Gasteiger partial charge in [-0.15, -0.1) is 0 Å². The minimum absolute atomic E-state index is 0.114. The fourth-order valence-corrected chi connectivity index (χ4v) is 8.06. The monoisotopic (exact) mass is 814 g/mol. The maximum Gasteiger partial charge on any atom is 0.249 e. The fourth-order valence-electron chi connectivity index (χ4n) is 7.93. The number of aromatic nitrogens is 10. The number of amides is 2. The first-order valence-electron chi connectivity index (χ1n) is 20.1. The van der Waals surface area contributed by atoms with E-state index in [1.54, 1.807) is 72.6 Å². The van der Waals surface area contributed by atoms with E-state index in [9.17, 15) is 9.59 Å². The molecule has 2 aliphatic heterocycles. The zero-order valence-corrected chi connectivity index (χ0v) is 34.3. The lowest BCUT2D eigenvalue weighted by atomic mass is 9.88. The summed E-state index contributed by atoms with van der Waals surface area (Å²) < 4.78 is 1.88. The molecule has 8 heterocycles. The van der Waals surface area contributed by atoms with Gasteiger partial charge in [-0.05, 0) is 87.2 Å². The Morgan fingerprint density at radius 2 is 1.22 bits per heavy atom. The third-order valence-electron chi connectivity index (χ3n) is 11.5. The van der Waals surface area contributed by atoms with Crippen molar-refractivity contribution in [2.75, 3.05) is 33.7 Å². The van der Waals surface area contributed by atoms with Crippen LogP contribution < -0.4 is 19.6 Å². The molecule has 16 nitrogen and oxygen atoms in total. The van der Waals surface area contributed by atoms with E-state index in [-0.39, 0.29) is 29.2 Å². The van der Waals surface area contributed by atoms with Gasteiger partial charge in [-0.3, -0.25) is 24.1 Å². The van der Waals surface area contributed by atoms with Crippen LogP contribution in [0.15, 0.2) is 86.2 Å². The summed E-state index contributed by atoms with van der Waals surface area (Å²) in [5.74, 6) is 4.06. The number of imidazole rings is 2. The highest BCUT2D eigenvalue weighted by Gasteiger charge is 2.43. The fraction of sp³-hybridized carbons (Fsp3) is 0.381. The molecule has 2 atom stereocenters. The van der Waals surface area contributed by atoms with E-state index in [0.717, 1.165) is 84.3 Å². The number of hydrogen-bond acceptors (Lipinski definition) is 12. The molecule has 0 spiro atoms. The summed E-state index contributed by atoms with van der Waals surface area (Å²) >= 11 is 5.93. The van der Waals surface area contributed by atoms with Crippen molar-refractivity contribution in [2.45, 2.75) is 89.4 Å². The molecular weight excluding hydrogens is 768 g/mol. The molecule has 6 aromatic rings. The van der Waals surface area contributed by atoms with Crippen LogP contribution in [-0.2, 0) is 9.59 Å². The average molecular weight is 815 g/mol. The van der Waals surface area contributed by atoms with Crippen LogP contribution in [-0.4, -0.2) is 99.5 Å². The van der Waals surface area contributed by atoms with Crippen molar-refractivity contribution in [3.8, 4) is 28.7 Å². The first-order chi connectivity index (χ1) is 28.8. The van der Waals surface area contributed by atoms with Gasteiger partial charge < -0.3 is 24.6 Å². The van der Waals surface area contributed by atoms with Crippen LogP contribution in [0, 0.1) is 0 Å². The Kier molecular flexibility index (Phi) is 11.6. The van der Waals surface area contributed by atoms with E-state index in [0.29, 0.717) is 18.0 Å². The molecule has 2 amide bonds. The number of fused-ring (bicyclic) bond motifs is 2. The maximum atomic E-state index is 12.9. The van der Waals surface area contributed by atoms with E-state index < -0.39 is 0 Å². The average Bonchev–Trinajstić information content (AvgIpc) is 3.96. The molecule has 0 unspecified atom stereocenters. The zero-order chi connectivity index (χ0) is 41.0. The molecule has 17 heteroatoms. The Hall–Kier alpha value is -6.29. The van der Waals surface area contributed by atoms with E-state index in [4.69, 9.17) is 16.6 Å². The van der Waals surface area contributed by atoms with Crippen molar-refractivity contribution in [3.05, 3.63) is 91.5 Å². The molecule has 2 aliphatic carbocycles. The maximum absolute atomic E-state index is 12.9. The normalized spacial score (nSPS) is 18.8. The standard InChI is InChI=1S/C21H23N7O.C13H17ClN4O.C8H7N3/c1-3-16-20(29)26(2)17-13-24-21(25-19(17)28(16)15-5-4-6-15)27-12-11-23-18(27)14-7-9-22-10-8-14;1-3-9-12(19)17(2)10-7-15-13(14)16-11(10)18(9)8-5-4-6-8;1-3-9-4-2-7(1)8-10-5-6-11-8/h7-13,15-16H,3-6H2,1-2H3;7-9H,3-6H2,1-2H3;1-6H,(H,10,11)/t16-;9-;/m11./s1. The molecule has 59 heavy (non-hydrogen) atoms. The van der Waals surface area contributed by atoms with Gasteiger partial charge in [0.15, 0.2) is 11.6 Å². The molecular formula is C42H47ClN14O2. The number of carbonyl (C=O) groups is 2. The molecule has 2 fully saturated rings. The van der Waals surface area contributed by atoms with Gasteiger partial charge in [0, 0.05) is 86.9 Å². The highest BCUT2D eigenvalue weighted by Crippen LogP contribution is 2.42. The number of hydrogen-bond donors (Lipinski definition) is 1. The van der Waals surface area contributed by atoms with Crippen LogP contribution in [0.25, 0.3) is 28.7 Å². The Bertz CT molecular complexity index is 2370. The predicted octanol–water partition coefficient (Wildman–Crippen LogP) is 6.55. The number of H-pyrrole nitrogens is 1. The first-order valence-corrected chi connectivity index (χ1v) is 20.5. The molecule has 2 saturated carbocycles. The van der Waals surface area contributed by atoms with Crippen molar-refractivity contribution >= 4 is 46.4 Å². The second-order valence-electron chi connectivity index (χ2n) is 14.9. The summed E-state index contributed by atoms with van der Waals surface area (Å²) in [6.45, 7) is 4.10. The van der Waals surface area contributed by atoms with Crippen LogP contribution in [0.4, 0.5) is 23.0 Å². The van der Waals surface area contributed by atoms with Gasteiger partial charge >= 0.3 is 0 Å². The summed E-state index contributed by atoms with van der Waals surface area (Å²) in [7, 11) is 3.59. The lowest BCUT2D eigenvalue weighted by Crippen LogP contribution is -2.57. The number of nitrogens with zero attached hydrogens (tertiary/aromatic N) is 13. The van der Waals surface area contributed by atoms with Gasteiger partial charge in [0.2, 0.25) is 23.0 Å². The van der Waals surface area contributed by atoms with Gasteiger partial charge in [0.25, 0.3) is 0 Å². The second kappa shape index (κ2) is 17.3. The quantitative estimate of drug-likeness (QED) is 0.173. The Balaban J connectivity index is 0.000000137. The van der Waals surface area contributed by atoms with E-state index in [2.05, 4.69) is 56.6 Å². The molecule has 0 saturated heterocycles. The minimum Gasteiger partial charge on any atom is -0.345 e. The topological polar surface area (TPSA) is 171 Å². The van der Waals surface area contributed by atoms with Gasteiger partial charge in [0.1, 0.15) is 35.1 Å². The van der Waals surface area contributed by atoms with Gasteiger partial charge in [-0.2, -0.15) is 9.97 Å². The van der Waals surface area contributed by atoms with Crippen molar-refractivity contribution in [1.82, 2.24) is 49.4 Å². The summed E-state index contributed by atoms with van der Waals surface area (Å²) in [4.78, 5) is 70.6. The third kappa shape index (κ3) is 7.71. The van der Waals surface area contributed by atoms with E-state index in [1.807, 2.05) is 49.0 Å². The molecule has 4 aliphatic rings. The number of nitrogens with one attached hydrogen (secondary N) is 1. The number of aromatic amines is 1. The lowest BCUT2D eigenvalue weighted by Gasteiger charge is -2.47. The van der Waals surface area contributed by atoms with Crippen LogP contribution in [0.5, 0.6) is 0 Å². The Labute approximate surface area is 347 Å². The number of anilines is 4. The Morgan fingerprint density at radius 1 is 0.678 bits per heavy atom. The van der Waals surface area contributed by atoms with Gasteiger partial charge in [0.05, 0.1) is 12.4 Å². The van der Waals surface area contributed by atoms with Crippen LogP contribution >= 0.6 is 11.6 Å². The van der Waals surface area contributed by atoms with Crippen molar-refractivity contribution in [2.24, 2.45) is 0 Å². The number of halogens is 1. The number of likely N-dealkylation sites (N-methyl/N-ethyl adjacent to an activating group) is 2. The van der Waals surface area contributed by atoms with Crippen LogP contribution in [0.1, 0.15) is 65.2 Å². The van der Waals surface area contributed by atoms with E-state index in [1.165, 1.54) is 12.8 Å². The summed E-state index contributed by atoms with van der Waals surface area (Å²) in [5.41, 5.74) is 3.53. The summed E-state index contributed by atoms with van der Waals surface area (Å²) in [6, 6.07) is 8.12. The SMILES string of the molecule is CC[C@@H]1C(=O)N(C)c2cnc(-n3ccnc3-c3ccncc3)nc2N1C1CCC1.CC[C@@H]1C(=O)N(C)c2cnc(Cl)nc2N1C1CCC1.c1cc(-c2ncc[nH]2)ccn1. The number of carbonyl (C=O) groups excluding carboxylic acids is 2. The van der Waals surface area contributed by atoms with E-state index >= 15 is 0 Å². The third-order valence-corrected chi connectivity index (χ3v) is 11.7. The largest absolute Gasteiger partial charge is 0.345 e. The Morgan fingerprint density at radius 3 is 1.73 bits per heavy atom. The number of pyridine rings is 2. The summed E-state index contributed by atoms with van der Waals surface area (Å²) in [6.07, 6.45) is 25.9. The first kappa shape index (κ1) is 39.5. The molecule has 304 valence electrons. The highest BCUT2D eigenvalue weighted by molar-refractivity contribution is 6.28. The van der Waals surface area contributed by atoms with Gasteiger partial charge in [-0.1, -0.05) is 13.8 Å². The predicted molar refractivity (Wildman–Crippen MR) is 226 cm³/mol. The molecule has 6 aromatic heterocycles. The lowest BCUT2D eigenvalue weighted by molar-refractivity contribution is -0.121. The second-order valence-corrected chi connectivity index (χ2v) is 15.2. The molecule has 0 aromatic carbocycles. The smallest absolute Gasteiger partial charge is 0.249 e. The molecule has 10 rings (SSSR count). The molecule has 0 bridgehead atoms.